The fraction of sp³-hybridized carbons (Fsp3) is 0.667. The molecule has 1 aromatic rings. The molecule has 4 atom stereocenters. The number of hydrogen-bond acceptors (Lipinski definition) is 3. The van der Waals surface area contributed by atoms with E-state index in [1.165, 1.54) is 31.2 Å². The minimum atomic E-state index is 0.112. The normalized spacial score (nSPS) is 32.0. The molecule has 1 amide bonds. The Morgan fingerprint density at radius 2 is 2.08 bits per heavy atom. The van der Waals surface area contributed by atoms with Gasteiger partial charge in [-0.15, -0.1) is 0 Å². The van der Waals surface area contributed by atoms with Crippen LogP contribution in [0, 0.1) is 17.8 Å². The third-order valence-corrected chi connectivity index (χ3v) is 6.33. The molecule has 25 heavy (non-hydrogen) atoms. The highest BCUT2D eigenvalue weighted by Gasteiger charge is 2.40. The summed E-state index contributed by atoms with van der Waals surface area (Å²) in [6, 6.07) is 10.6. The zero-order valence-electron chi connectivity index (χ0n) is 15.0. The molecule has 0 spiro atoms. The number of nitrogens with zero attached hydrogens (tertiary/aromatic N) is 1. The third-order valence-electron chi connectivity index (χ3n) is 6.33. The number of morpholine rings is 1. The smallest absolute Gasteiger partial charge is 0.220 e. The molecule has 1 aromatic carbocycles. The second kappa shape index (κ2) is 7.88. The van der Waals surface area contributed by atoms with Gasteiger partial charge in [-0.3, -0.25) is 9.69 Å². The molecule has 3 fully saturated rings. The Kier molecular flexibility index (Phi) is 5.37. The van der Waals surface area contributed by atoms with E-state index in [1.807, 2.05) is 0 Å². The number of ether oxygens (including phenoxy) is 1. The maximum atomic E-state index is 12.3. The van der Waals surface area contributed by atoms with Gasteiger partial charge < -0.3 is 10.1 Å². The first kappa shape index (κ1) is 17.0. The van der Waals surface area contributed by atoms with Crippen LogP contribution in [0.2, 0.25) is 0 Å². The van der Waals surface area contributed by atoms with Crippen molar-refractivity contribution in [1.82, 2.24) is 10.2 Å². The summed E-state index contributed by atoms with van der Waals surface area (Å²) in [5, 5.41) is 3.13. The lowest BCUT2D eigenvalue weighted by atomic mass is 9.86. The minimum Gasteiger partial charge on any atom is -0.374 e. The highest BCUT2D eigenvalue weighted by atomic mass is 16.5. The van der Waals surface area contributed by atoms with Gasteiger partial charge in [-0.2, -0.15) is 0 Å². The maximum absolute atomic E-state index is 12.3. The van der Waals surface area contributed by atoms with Crippen molar-refractivity contribution in [2.75, 3.05) is 26.2 Å². The van der Waals surface area contributed by atoms with Gasteiger partial charge in [0.25, 0.3) is 0 Å². The van der Waals surface area contributed by atoms with Crippen molar-refractivity contribution in [3.63, 3.8) is 0 Å². The Hall–Kier alpha value is -1.39. The standard InChI is InChI=1S/C21H30N2O2/c24-21(12-19-11-17-6-7-18(19)10-17)22-13-20-15-23(8-9-25-20)14-16-4-2-1-3-5-16/h1-5,17-20H,6-15H2,(H,22,24)/t17-,18-,19-,20+/m0/s1. The van der Waals surface area contributed by atoms with Gasteiger partial charge in [0.05, 0.1) is 12.7 Å². The predicted molar refractivity (Wildman–Crippen MR) is 98.0 cm³/mol. The van der Waals surface area contributed by atoms with Crippen molar-refractivity contribution in [3.8, 4) is 0 Å². The summed E-state index contributed by atoms with van der Waals surface area (Å²) in [5.41, 5.74) is 1.34. The molecule has 4 rings (SSSR count). The number of carbonyl (C=O) groups excluding carboxylic acids is 1. The second-order valence-electron chi connectivity index (χ2n) is 8.16. The molecule has 3 aliphatic rings. The molecule has 4 nitrogen and oxygen atoms in total. The molecular weight excluding hydrogens is 312 g/mol. The Balaban J connectivity index is 1.19. The van der Waals surface area contributed by atoms with E-state index in [0.29, 0.717) is 12.5 Å². The number of rotatable bonds is 6. The van der Waals surface area contributed by atoms with E-state index in [4.69, 9.17) is 4.74 Å². The van der Waals surface area contributed by atoms with E-state index in [2.05, 4.69) is 40.5 Å². The molecular formula is C21H30N2O2. The molecule has 136 valence electrons. The molecule has 0 unspecified atom stereocenters. The maximum Gasteiger partial charge on any atom is 0.220 e. The van der Waals surface area contributed by atoms with Crippen LogP contribution >= 0.6 is 0 Å². The van der Waals surface area contributed by atoms with Crippen LogP contribution in [-0.4, -0.2) is 43.2 Å². The van der Waals surface area contributed by atoms with Crippen LogP contribution in [0.5, 0.6) is 0 Å². The topological polar surface area (TPSA) is 41.6 Å². The molecule has 1 heterocycles. The number of fused-ring (bicyclic) bond motifs is 2. The highest BCUT2D eigenvalue weighted by Crippen LogP contribution is 2.49. The van der Waals surface area contributed by atoms with Gasteiger partial charge in [0, 0.05) is 32.6 Å². The van der Waals surface area contributed by atoms with Crippen molar-refractivity contribution >= 4 is 5.91 Å². The Morgan fingerprint density at radius 3 is 2.84 bits per heavy atom. The summed E-state index contributed by atoms with van der Waals surface area (Å²) < 4.78 is 5.86. The van der Waals surface area contributed by atoms with Gasteiger partial charge in [-0.05, 0) is 42.6 Å². The van der Waals surface area contributed by atoms with Crippen molar-refractivity contribution in [3.05, 3.63) is 35.9 Å². The average Bonchev–Trinajstić information content (AvgIpc) is 3.24. The molecule has 0 aromatic heterocycles. The number of carbonyl (C=O) groups is 1. The van der Waals surface area contributed by atoms with Crippen LogP contribution in [0.1, 0.15) is 37.7 Å². The fourth-order valence-electron chi connectivity index (χ4n) is 5.05. The van der Waals surface area contributed by atoms with Gasteiger partial charge in [-0.1, -0.05) is 36.8 Å². The molecule has 1 aliphatic heterocycles. The van der Waals surface area contributed by atoms with E-state index in [1.54, 1.807) is 0 Å². The van der Waals surface area contributed by atoms with Gasteiger partial charge in [0.2, 0.25) is 5.91 Å². The first-order chi connectivity index (χ1) is 12.3. The summed E-state index contributed by atoms with van der Waals surface area (Å²) in [4.78, 5) is 14.7. The van der Waals surface area contributed by atoms with Crippen LogP contribution in [-0.2, 0) is 16.1 Å². The largest absolute Gasteiger partial charge is 0.374 e. The number of benzene rings is 1. The number of hydrogen-bond donors (Lipinski definition) is 1. The Morgan fingerprint density at radius 1 is 1.20 bits per heavy atom. The van der Waals surface area contributed by atoms with Gasteiger partial charge in [0.15, 0.2) is 0 Å². The predicted octanol–water partition coefficient (Wildman–Crippen LogP) is 2.83. The number of nitrogens with one attached hydrogen (secondary N) is 1. The zero-order valence-corrected chi connectivity index (χ0v) is 15.0. The SMILES string of the molecule is O=C(C[C@@H]1C[C@H]2CC[C@H]1C2)NC[C@@H]1CN(Cc2ccccc2)CCO1. The van der Waals surface area contributed by atoms with Crippen LogP contribution in [0.4, 0.5) is 0 Å². The highest BCUT2D eigenvalue weighted by molar-refractivity contribution is 5.76. The van der Waals surface area contributed by atoms with Crippen LogP contribution < -0.4 is 5.32 Å². The molecule has 1 N–H and O–H groups in total. The summed E-state index contributed by atoms with van der Waals surface area (Å²) in [6.07, 6.45) is 6.24. The lowest BCUT2D eigenvalue weighted by molar-refractivity contribution is -0.123. The van der Waals surface area contributed by atoms with Gasteiger partial charge >= 0.3 is 0 Å². The van der Waals surface area contributed by atoms with E-state index in [9.17, 15) is 4.79 Å². The fourth-order valence-corrected chi connectivity index (χ4v) is 5.05. The van der Waals surface area contributed by atoms with E-state index in [-0.39, 0.29) is 12.0 Å². The van der Waals surface area contributed by atoms with E-state index < -0.39 is 0 Å². The second-order valence-corrected chi connectivity index (χ2v) is 8.16. The first-order valence-electron chi connectivity index (χ1n) is 9.91. The van der Waals surface area contributed by atoms with Crippen LogP contribution in [0.25, 0.3) is 0 Å². The van der Waals surface area contributed by atoms with Crippen molar-refractivity contribution in [2.45, 2.75) is 44.8 Å². The number of amides is 1. The summed E-state index contributed by atoms with van der Waals surface area (Å²) in [6.45, 7) is 4.21. The third kappa shape index (κ3) is 4.42. The molecule has 1 saturated heterocycles. The van der Waals surface area contributed by atoms with Gasteiger partial charge in [-0.25, -0.2) is 0 Å². The van der Waals surface area contributed by atoms with Crippen LogP contribution in [0.15, 0.2) is 30.3 Å². The summed E-state index contributed by atoms with van der Waals surface area (Å²) in [7, 11) is 0. The Bertz CT molecular complexity index is 577. The quantitative estimate of drug-likeness (QED) is 0.864. The van der Waals surface area contributed by atoms with Gasteiger partial charge in [0.1, 0.15) is 0 Å². The van der Waals surface area contributed by atoms with Crippen molar-refractivity contribution in [2.24, 2.45) is 17.8 Å². The minimum absolute atomic E-state index is 0.112. The van der Waals surface area contributed by atoms with Crippen LogP contribution in [0.3, 0.4) is 0 Å². The van der Waals surface area contributed by atoms with Crippen molar-refractivity contribution < 1.29 is 9.53 Å². The molecule has 2 bridgehead atoms. The van der Waals surface area contributed by atoms with Crippen molar-refractivity contribution in [1.29, 1.82) is 0 Å². The lowest BCUT2D eigenvalue weighted by Gasteiger charge is -2.33. The zero-order chi connectivity index (χ0) is 17.1. The summed E-state index contributed by atoms with van der Waals surface area (Å²) >= 11 is 0. The van der Waals surface area contributed by atoms with E-state index >= 15 is 0 Å². The summed E-state index contributed by atoms with van der Waals surface area (Å²) in [5.74, 6) is 2.60. The molecule has 2 saturated carbocycles. The molecule has 0 radical (unpaired) electrons. The lowest BCUT2D eigenvalue weighted by Crippen LogP contribution is -2.47. The molecule has 4 heteroatoms. The van der Waals surface area contributed by atoms with E-state index in [0.717, 1.165) is 44.5 Å². The monoisotopic (exact) mass is 342 g/mol. The Labute approximate surface area is 150 Å². The average molecular weight is 342 g/mol. The molecule has 2 aliphatic carbocycles. The first-order valence-corrected chi connectivity index (χ1v) is 9.91.